The Hall–Kier alpha value is -2.25. The molecule has 22 heavy (non-hydrogen) atoms. The Morgan fingerprint density at radius 3 is 2.64 bits per heavy atom. The van der Waals surface area contributed by atoms with Crippen molar-refractivity contribution in [3.05, 3.63) is 58.0 Å². The van der Waals surface area contributed by atoms with E-state index in [1.165, 1.54) is 22.8 Å². The number of nitrogens with one attached hydrogen (secondary N) is 1. The minimum absolute atomic E-state index is 0.0192. The molecule has 3 aromatic rings. The quantitative estimate of drug-likeness (QED) is 0.795. The third kappa shape index (κ3) is 2.49. The second-order valence-electron chi connectivity index (χ2n) is 4.64. The molecule has 0 saturated heterocycles. The molecular weight excluding hydrogens is 328 g/mol. The third-order valence-corrected chi connectivity index (χ3v) is 4.89. The van der Waals surface area contributed by atoms with E-state index in [0.717, 1.165) is 0 Å². The number of benzene rings is 2. The highest BCUT2D eigenvalue weighted by Crippen LogP contribution is 2.25. The molecule has 1 N–H and O–H groups in total. The van der Waals surface area contributed by atoms with Crippen LogP contribution in [0.3, 0.4) is 0 Å². The van der Waals surface area contributed by atoms with Gasteiger partial charge in [-0.05, 0) is 24.3 Å². The molecule has 0 aliphatic rings. The molecule has 3 rings (SSSR count). The highest BCUT2D eigenvalue weighted by molar-refractivity contribution is 7.92. The molecule has 114 valence electrons. The number of rotatable bonds is 3. The number of aromatic nitrogens is 1. The summed E-state index contributed by atoms with van der Waals surface area (Å²) in [5.74, 6) is -0.552. The van der Waals surface area contributed by atoms with Crippen molar-refractivity contribution < 1.29 is 12.8 Å². The molecule has 8 heteroatoms. The van der Waals surface area contributed by atoms with Gasteiger partial charge in [-0.25, -0.2) is 13.2 Å². The average molecular weight is 339 g/mol. The molecular formula is C14H11ClN2O4S. The van der Waals surface area contributed by atoms with Gasteiger partial charge in [-0.3, -0.25) is 9.29 Å². The van der Waals surface area contributed by atoms with E-state index in [-0.39, 0.29) is 16.2 Å². The Bertz CT molecular complexity index is 1020. The van der Waals surface area contributed by atoms with Gasteiger partial charge in [-0.1, -0.05) is 23.7 Å². The van der Waals surface area contributed by atoms with Crippen LogP contribution in [0.5, 0.6) is 0 Å². The number of oxazole rings is 1. The van der Waals surface area contributed by atoms with E-state index in [0.29, 0.717) is 10.5 Å². The Balaban J connectivity index is 2.06. The molecule has 0 unspecified atom stereocenters. The minimum Gasteiger partial charge on any atom is -0.408 e. The molecule has 0 aliphatic carbocycles. The number of hydrogen-bond acceptors (Lipinski definition) is 4. The maximum Gasteiger partial charge on any atom is 0.419 e. The summed E-state index contributed by atoms with van der Waals surface area (Å²) in [5, 5.41) is 0.290. The highest BCUT2D eigenvalue weighted by Gasteiger charge is 2.18. The van der Waals surface area contributed by atoms with E-state index in [1.54, 1.807) is 31.3 Å². The van der Waals surface area contributed by atoms with Crippen molar-refractivity contribution in [2.75, 3.05) is 4.72 Å². The molecule has 0 spiro atoms. The molecule has 0 amide bonds. The number of sulfonamides is 1. The summed E-state index contributed by atoms with van der Waals surface area (Å²) in [6, 6.07) is 10.7. The maximum absolute atomic E-state index is 12.4. The van der Waals surface area contributed by atoms with E-state index < -0.39 is 15.8 Å². The van der Waals surface area contributed by atoms with Crippen LogP contribution in [-0.4, -0.2) is 13.0 Å². The van der Waals surface area contributed by atoms with Gasteiger partial charge < -0.3 is 4.42 Å². The Morgan fingerprint density at radius 2 is 1.91 bits per heavy atom. The number of anilines is 1. The van der Waals surface area contributed by atoms with Crippen molar-refractivity contribution in [3.8, 4) is 0 Å². The first-order chi connectivity index (χ1) is 10.4. The highest BCUT2D eigenvalue weighted by atomic mass is 35.5. The maximum atomic E-state index is 12.4. The lowest BCUT2D eigenvalue weighted by Crippen LogP contribution is -2.13. The summed E-state index contributed by atoms with van der Waals surface area (Å²) < 4.78 is 33.5. The molecule has 0 saturated carbocycles. The second kappa shape index (κ2) is 5.19. The predicted octanol–water partition coefficient (Wildman–Crippen LogP) is 2.59. The van der Waals surface area contributed by atoms with Gasteiger partial charge in [0.05, 0.1) is 21.1 Å². The first-order valence-electron chi connectivity index (χ1n) is 6.25. The van der Waals surface area contributed by atoms with E-state index in [9.17, 15) is 13.2 Å². The second-order valence-corrected chi connectivity index (χ2v) is 6.73. The predicted molar refractivity (Wildman–Crippen MR) is 83.7 cm³/mol. The van der Waals surface area contributed by atoms with Gasteiger partial charge in [0, 0.05) is 13.1 Å². The van der Waals surface area contributed by atoms with Gasteiger partial charge in [-0.2, -0.15) is 0 Å². The smallest absolute Gasteiger partial charge is 0.408 e. The summed E-state index contributed by atoms with van der Waals surface area (Å²) in [5.41, 5.74) is 0.995. The van der Waals surface area contributed by atoms with Crippen molar-refractivity contribution in [2.24, 2.45) is 7.05 Å². The Kier molecular flexibility index (Phi) is 3.46. The Morgan fingerprint density at radius 1 is 1.18 bits per heavy atom. The van der Waals surface area contributed by atoms with Gasteiger partial charge in [0.25, 0.3) is 10.0 Å². The van der Waals surface area contributed by atoms with Gasteiger partial charge >= 0.3 is 5.76 Å². The van der Waals surface area contributed by atoms with Crippen molar-refractivity contribution in [1.29, 1.82) is 0 Å². The van der Waals surface area contributed by atoms with Crippen LogP contribution in [0.25, 0.3) is 11.1 Å². The molecule has 0 radical (unpaired) electrons. The van der Waals surface area contributed by atoms with E-state index in [1.807, 2.05) is 0 Å². The fraction of sp³-hybridized carbons (Fsp3) is 0.0714. The Labute approximate surface area is 131 Å². The number of fused-ring (bicyclic) bond motifs is 1. The lowest BCUT2D eigenvalue weighted by atomic mass is 10.3. The van der Waals surface area contributed by atoms with Crippen LogP contribution in [0.1, 0.15) is 0 Å². The average Bonchev–Trinajstić information content (AvgIpc) is 2.76. The van der Waals surface area contributed by atoms with Crippen molar-refractivity contribution >= 4 is 38.4 Å². The SMILES string of the molecule is Cn1c(=O)oc2cc(S(=O)(=O)Nc3ccccc3Cl)ccc21. The number of aryl methyl sites for hydroxylation is 1. The van der Waals surface area contributed by atoms with Crippen molar-refractivity contribution in [2.45, 2.75) is 4.90 Å². The van der Waals surface area contributed by atoms with Crippen LogP contribution < -0.4 is 10.5 Å². The van der Waals surface area contributed by atoms with E-state index >= 15 is 0 Å². The zero-order valence-corrected chi connectivity index (χ0v) is 13.0. The van der Waals surface area contributed by atoms with Crippen LogP contribution in [0.2, 0.25) is 5.02 Å². The summed E-state index contributed by atoms with van der Waals surface area (Å²) in [4.78, 5) is 11.4. The van der Waals surface area contributed by atoms with Crippen LogP contribution in [0.15, 0.2) is 56.6 Å². The largest absolute Gasteiger partial charge is 0.419 e. The molecule has 2 aromatic carbocycles. The van der Waals surface area contributed by atoms with Gasteiger partial charge in [0.1, 0.15) is 0 Å². The summed E-state index contributed by atoms with van der Waals surface area (Å²) in [7, 11) is -2.29. The first-order valence-corrected chi connectivity index (χ1v) is 8.11. The molecule has 1 aromatic heterocycles. The molecule has 0 fully saturated rings. The van der Waals surface area contributed by atoms with Crippen molar-refractivity contribution in [3.63, 3.8) is 0 Å². The van der Waals surface area contributed by atoms with Crippen LogP contribution >= 0.6 is 11.6 Å². The number of hydrogen-bond donors (Lipinski definition) is 1. The molecule has 1 heterocycles. The lowest BCUT2D eigenvalue weighted by molar-refractivity contribution is 0.527. The lowest BCUT2D eigenvalue weighted by Gasteiger charge is -2.09. The van der Waals surface area contributed by atoms with Crippen LogP contribution in [-0.2, 0) is 17.1 Å². The van der Waals surface area contributed by atoms with Crippen molar-refractivity contribution in [1.82, 2.24) is 4.57 Å². The van der Waals surface area contributed by atoms with Gasteiger partial charge in [-0.15, -0.1) is 0 Å². The molecule has 6 nitrogen and oxygen atoms in total. The molecule has 0 aliphatic heterocycles. The number of nitrogens with zero attached hydrogens (tertiary/aromatic N) is 1. The van der Waals surface area contributed by atoms with Gasteiger partial charge in [0.2, 0.25) is 0 Å². The number of para-hydroxylation sites is 1. The van der Waals surface area contributed by atoms with Crippen LogP contribution in [0.4, 0.5) is 5.69 Å². The van der Waals surface area contributed by atoms with E-state index in [4.69, 9.17) is 16.0 Å². The summed E-state index contributed by atoms with van der Waals surface area (Å²) >= 11 is 5.95. The zero-order valence-electron chi connectivity index (χ0n) is 11.4. The standard InChI is InChI=1S/C14H11ClN2O4S/c1-17-12-7-6-9(8-13(12)21-14(17)18)22(19,20)16-11-5-3-2-4-10(11)15/h2-8,16H,1H3. The first kappa shape index (κ1) is 14.7. The van der Waals surface area contributed by atoms with Crippen LogP contribution in [0, 0.1) is 0 Å². The summed E-state index contributed by atoms with van der Waals surface area (Å²) in [6.45, 7) is 0. The molecule has 0 atom stereocenters. The van der Waals surface area contributed by atoms with E-state index in [2.05, 4.69) is 4.72 Å². The third-order valence-electron chi connectivity index (χ3n) is 3.19. The number of halogens is 1. The minimum atomic E-state index is -3.84. The summed E-state index contributed by atoms with van der Waals surface area (Å²) in [6.07, 6.45) is 0. The molecule has 0 bridgehead atoms. The van der Waals surface area contributed by atoms with Gasteiger partial charge in [0.15, 0.2) is 5.58 Å². The normalized spacial score (nSPS) is 11.7. The topological polar surface area (TPSA) is 81.3 Å². The monoisotopic (exact) mass is 338 g/mol. The zero-order chi connectivity index (χ0) is 15.9. The fourth-order valence-electron chi connectivity index (χ4n) is 2.03. The fourth-order valence-corrected chi connectivity index (χ4v) is 3.36.